The molecule has 7 nitrogen and oxygen atoms in total. The van der Waals surface area contributed by atoms with E-state index in [1.165, 1.54) is 17.6 Å². The van der Waals surface area contributed by atoms with Gasteiger partial charge >= 0.3 is 5.97 Å². The van der Waals surface area contributed by atoms with Crippen molar-refractivity contribution in [3.63, 3.8) is 0 Å². The molecule has 0 saturated heterocycles. The minimum absolute atomic E-state index is 0.0645. The zero-order chi connectivity index (χ0) is 21.4. The Kier molecular flexibility index (Phi) is 4.87. The van der Waals surface area contributed by atoms with Gasteiger partial charge in [0.2, 0.25) is 0 Å². The quantitative estimate of drug-likeness (QED) is 0.592. The van der Waals surface area contributed by atoms with Gasteiger partial charge in [-0.05, 0) is 46.9 Å². The summed E-state index contributed by atoms with van der Waals surface area (Å²) in [4.78, 5) is 38.2. The van der Waals surface area contributed by atoms with Crippen molar-refractivity contribution in [1.29, 1.82) is 0 Å². The number of hydrogen-bond acceptors (Lipinski definition) is 5. The van der Waals surface area contributed by atoms with Gasteiger partial charge in [-0.3, -0.25) is 14.5 Å². The largest absolute Gasteiger partial charge is 0.464 e. The van der Waals surface area contributed by atoms with Crippen LogP contribution in [0.25, 0.3) is 11.1 Å². The van der Waals surface area contributed by atoms with Crippen LogP contribution in [0.3, 0.4) is 0 Å². The highest BCUT2D eigenvalue weighted by atomic mass is 16.5. The summed E-state index contributed by atoms with van der Waals surface area (Å²) >= 11 is 0. The summed E-state index contributed by atoms with van der Waals surface area (Å²) in [7, 11) is 1.19. The van der Waals surface area contributed by atoms with Crippen LogP contribution in [-0.2, 0) is 27.3 Å². The topological polar surface area (TPSA) is 87.7 Å². The van der Waals surface area contributed by atoms with Crippen molar-refractivity contribution < 1.29 is 19.1 Å². The maximum Gasteiger partial charge on any atom is 0.353 e. The van der Waals surface area contributed by atoms with Gasteiger partial charge < -0.3 is 15.4 Å². The maximum absolute atomic E-state index is 13.0. The molecule has 2 aromatic rings. The van der Waals surface area contributed by atoms with Crippen LogP contribution in [0.1, 0.15) is 21.5 Å². The van der Waals surface area contributed by atoms with Crippen molar-refractivity contribution >= 4 is 23.5 Å². The molecule has 2 aliphatic heterocycles. The SMILES string of the molecule is C=C(NC(=O)C(=C)N1Cc2c(cccc2-c2ccc3c(c2)CCN3)C1=O)C(=O)OC. The van der Waals surface area contributed by atoms with Gasteiger partial charge in [0.15, 0.2) is 0 Å². The van der Waals surface area contributed by atoms with Gasteiger partial charge in [-0.1, -0.05) is 31.4 Å². The van der Waals surface area contributed by atoms with Crippen molar-refractivity contribution in [2.75, 3.05) is 19.0 Å². The summed E-state index contributed by atoms with van der Waals surface area (Å²) in [5.74, 6) is -1.75. The summed E-state index contributed by atoms with van der Waals surface area (Å²) in [6, 6.07) is 11.8. The zero-order valence-corrected chi connectivity index (χ0v) is 16.6. The maximum atomic E-state index is 13.0. The summed E-state index contributed by atoms with van der Waals surface area (Å²) in [5.41, 5.74) is 5.45. The van der Waals surface area contributed by atoms with E-state index in [0.717, 1.165) is 35.3 Å². The molecule has 2 heterocycles. The number of esters is 1. The van der Waals surface area contributed by atoms with Gasteiger partial charge in [0.25, 0.3) is 11.8 Å². The predicted molar refractivity (Wildman–Crippen MR) is 112 cm³/mol. The predicted octanol–water partition coefficient (Wildman–Crippen LogP) is 2.59. The van der Waals surface area contributed by atoms with E-state index >= 15 is 0 Å². The number of methoxy groups -OCH3 is 1. The molecule has 152 valence electrons. The molecule has 0 unspecified atom stereocenters. The molecular formula is C23H21N3O4. The third kappa shape index (κ3) is 3.24. The van der Waals surface area contributed by atoms with Crippen molar-refractivity contribution in [2.45, 2.75) is 13.0 Å². The number of carbonyl (C=O) groups is 3. The average Bonchev–Trinajstić information content (AvgIpc) is 3.36. The molecule has 0 saturated carbocycles. The smallest absolute Gasteiger partial charge is 0.353 e. The van der Waals surface area contributed by atoms with Gasteiger partial charge in [0.1, 0.15) is 11.4 Å². The lowest BCUT2D eigenvalue weighted by atomic mass is 9.95. The van der Waals surface area contributed by atoms with E-state index in [0.29, 0.717) is 5.56 Å². The number of carbonyl (C=O) groups excluding carboxylic acids is 3. The Morgan fingerprint density at radius 1 is 1.17 bits per heavy atom. The summed E-state index contributed by atoms with van der Waals surface area (Å²) in [6.07, 6.45) is 0.963. The minimum Gasteiger partial charge on any atom is -0.464 e. The molecule has 30 heavy (non-hydrogen) atoms. The molecule has 2 N–H and O–H groups in total. The number of nitrogens with one attached hydrogen (secondary N) is 2. The van der Waals surface area contributed by atoms with Crippen LogP contribution in [0.5, 0.6) is 0 Å². The van der Waals surface area contributed by atoms with Gasteiger partial charge in [0, 0.05) is 17.8 Å². The third-order valence-electron chi connectivity index (χ3n) is 5.38. The molecule has 0 fully saturated rings. The van der Waals surface area contributed by atoms with Crippen LogP contribution in [-0.4, -0.2) is 36.3 Å². The minimum atomic E-state index is -0.763. The zero-order valence-electron chi connectivity index (χ0n) is 16.6. The number of amides is 2. The molecule has 2 aromatic carbocycles. The number of ether oxygens (including phenoxy) is 1. The van der Waals surface area contributed by atoms with E-state index in [9.17, 15) is 14.4 Å². The number of hydrogen-bond donors (Lipinski definition) is 2. The second-order valence-corrected chi connectivity index (χ2v) is 7.14. The first-order valence-electron chi connectivity index (χ1n) is 9.49. The summed E-state index contributed by atoms with van der Waals surface area (Å²) < 4.78 is 4.52. The first kappa shape index (κ1) is 19.4. The third-order valence-corrected chi connectivity index (χ3v) is 5.38. The van der Waals surface area contributed by atoms with Crippen LogP contribution in [0.2, 0.25) is 0 Å². The molecule has 2 amide bonds. The fourth-order valence-electron chi connectivity index (χ4n) is 3.80. The van der Waals surface area contributed by atoms with Crippen molar-refractivity contribution in [1.82, 2.24) is 10.2 Å². The van der Waals surface area contributed by atoms with Gasteiger partial charge in [0.05, 0.1) is 13.7 Å². The van der Waals surface area contributed by atoms with E-state index < -0.39 is 11.9 Å². The lowest BCUT2D eigenvalue weighted by Gasteiger charge is -2.18. The van der Waals surface area contributed by atoms with E-state index in [1.807, 2.05) is 18.2 Å². The van der Waals surface area contributed by atoms with E-state index in [1.54, 1.807) is 6.07 Å². The van der Waals surface area contributed by atoms with E-state index in [2.05, 4.69) is 40.7 Å². The second kappa shape index (κ2) is 7.51. The normalized spacial score (nSPS) is 13.9. The van der Waals surface area contributed by atoms with Crippen molar-refractivity contribution in [2.24, 2.45) is 0 Å². The molecule has 0 bridgehead atoms. The molecular weight excluding hydrogens is 382 g/mol. The fourth-order valence-corrected chi connectivity index (χ4v) is 3.80. The molecule has 0 aromatic heterocycles. The highest BCUT2D eigenvalue weighted by molar-refractivity contribution is 6.07. The van der Waals surface area contributed by atoms with Gasteiger partial charge in [-0.25, -0.2) is 4.79 Å². The standard InChI is InChI=1S/C23H21N3O4/c1-13(23(29)30-3)25-21(27)14(2)26-12-19-17(5-4-6-18(19)22(26)28)15-7-8-20-16(11-15)9-10-24-20/h4-8,11,24H,1-2,9-10,12H2,3H3,(H,25,27). The Morgan fingerprint density at radius 2 is 1.93 bits per heavy atom. The van der Waals surface area contributed by atoms with Crippen LogP contribution in [0.15, 0.2) is 61.0 Å². The van der Waals surface area contributed by atoms with Crippen LogP contribution in [0.4, 0.5) is 5.69 Å². The number of fused-ring (bicyclic) bond motifs is 2. The van der Waals surface area contributed by atoms with Crippen molar-refractivity contribution in [3.05, 3.63) is 77.6 Å². The summed E-state index contributed by atoms with van der Waals surface area (Å²) in [6.45, 7) is 8.35. The van der Waals surface area contributed by atoms with E-state index in [-0.39, 0.29) is 23.8 Å². The lowest BCUT2D eigenvalue weighted by Crippen LogP contribution is -2.36. The van der Waals surface area contributed by atoms with Gasteiger partial charge in [-0.15, -0.1) is 0 Å². The van der Waals surface area contributed by atoms with Crippen LogP contribution < -0.4 is 10.6 Å². The fraction of sp³-hybridized carbons (Fsp3) is 0.174. The lowest BCUT2D eigenvalue weighted by molar-refractivity contribution is -0.137. The number of nitrogens with zero attached hydrogens (tertiary/aromatic N) is 1. The molecule has 4 rings (SSSR count). The van der Waals surface area contributed by atoms with Crippen LogP contribution in [0, 0.1) is 0 Å². The van der Waals surface area contributed by atoms with Crippen molar-refractivity contribution in [3.8, 4) is 11.1 Å². The Morgan fingerprint density at radius 3 is 2.70 bits per heavy atom. The first-order chi connectivity index (χ1) is 14.4. The molecule has 0 radical (unpaired) electrons. The Hall–Kier alpha value is -3.87. The molecule has 0 aliphatic carbocycles. The second-order valence-electron chi connectivity index (χ2n) is 7.14. The average molecular weight is 403 g/mol. The Bertz CT molecular complexity index is 1120. The molecule has 0 spiro atoms. The summed E-state index contributed by atoms with van der Waals surface area (Å²) in [5, 5.41) is 5.66. The number of rotatable bonds is 5. The number of anilines is 1. The number of benzene rings is 2. The van der Waals surface area contributed by atoms with Crippen LogP contribution >= 0.6 is 0 Å². The van der Waals surface area contributed by atoms with E-state index in [4.69, 9.17) is 0 Å². The Labute approximate surface area is 174 Å². The molecule has 0 atom stereocenters. The molecule has 7 heteroatoms. The monoisotopic (exact) mass is 403 g/mol. The highest BCUT2D eigenvalue weighted by Gasteiger charge is 2.33. The Balaban J connectivity index is 1.60. The highest BCUT2D eigenvalue weighted by Crippen LogP contribution is 2.36. The van der Waals surface area contributed by atoms with Gasteiger partial charge in [-0.2, -0.15) is 0 Å². The molecule has 2 aliphatic rings. The first-order valence-corrected chi connectivity index (χ1v) is 9.49.